The summed E-state index contributed by atoms with van der Waals surface area (Å²) in [7, 11) is 1.64. The first kappa shape index (κ1) is 14.8. The van der Waals surface area contributed by atoms with Crippen LogP contribution in [0, 0.1) is 0 Å². The third kappa shape index (κ3) is 5.38. The molecule has 3 N–H and O–H groups in total. The summed E-state index contributed by atoms with van der Waals surface area (Å²) < 4.78 is 5.25. The van der Waals surface area contributed by atoms with Crippen molar-refractivity contribution in [3.63, 3.8) is 0 Å². The molecule has 1 aromatic carbocycles. The number of rotatable bonds is 8. The van der Waals surface area contributed by atoms with Crippen molar-refractivity contribution >= 4 is 17.5 Å². The van der Waals surface area contributed by atoms with E-state index in [0.29, 0.717) is 18.0 Å². The van der Waals surface area contributed by atoms with E-state index in [9.17, 15) is 4.79 Å². The number of nitrogens with two attached hydrogens (primary N) is 1. The van der Waals surface area contributed by atoms with Crippen LogP contribution in [0.5, 0.6) is 5.75 Å². The van der Waals surface area contributed by atoms with E-state index in [2.05, 4.69) is 5.32 Å². The molecule has 0 radical (unpaired) electrons. The number of methoxy groups -OCH3 is 1. The molecule has 1 aromatic rings. The molecule has 0 unspecified atom stereocenters. The highest BCUT2D eigenvalue weighted by Gasteiger charge is 2.03. The van der Waals surface area contributed by atoms with Crippen LogP contribution < -0.4 is 15.8 Å². The maximum atomic E-state index is 10.5. The first-order chi connectivity index (χ1) is 8.63. The summed E-state index contributed by atoms with van der Waals surface area (Å²) >= 11 is 5.94. The summed E-state index contributed by atoms with van der Waals surface area (Å²) in [5.74, 6) is 0.579. The maximum Gasteiger partial charge on any atom is 0.217 e. The number of unbranched alkanes of at least 4 members (excludes halogenated alkanes) is 1. The largest absolute Gasteiger partial charge is 0.496 e. The van der Waals surface area contributed by atoms with Gasteiger partial charge in [0.15, 0.2) is 0 Å². The van der Waals surface area contributed by atoms with Crippen molar-refractivity contribution in [3.8, 4) is 5.75 Å². The van der Waals surface area contributed by atoms with Crippen molar-refractivity contribution in [2.45, 2.75) is 25.8 Å². The molecule has 1 amide bonds. The molecule has 0 bridgehead atoms. The molecule has 0 heterocycles. The Labute approximate surface area is 112 Å². The number of carbonyl (C=O) groups is 1. The van der Waals surface area contributed by atoms with Crippen LogP contribution >= 0.6 is 11.6 Å². The van der Waals surface area contributed by atoms with Gasteiger partial charge in [0.2, 0.25) is 5.91 Å². The number of hydrogen-bond acceptors (Lipinski definition) is 3. The number of benzene rings is 1. The van der Waals surface area contributed by atoms with E-state index in [1.54, 1.807) is 13.2 Å². The van der Waals surface area contributed by atoms with E-state index in [4.69, 9.17) is 22.1 Å². The summed E-state index contributed by atoms with van der Waals surface area (Å²) in [6.45, 7) is 1.53. The molecule has 100 valence electrons. The lowest BCUT2D eigenvalue weighted by Crippen LogP contribution is -2.16. The molecule has 0 aliphatic heterocycles. The average molecular weight is 271 g/mol. The molecule has 4 nitrogen and oxygen atoms in total. The van der Waals surface area contributed by atoms with Gasteiger partial charge in [-0.1, -0.05) is 11.6 Å². The maximum absolute atomic E-state index is 10.5. The molecule has 0 atom stereocenters. The molecule has 18 heavy (non-hydrogen) atoms. The predicted molar refractivity (Wildman–Crippen MR) is 72.8 cm³/mol. The van der Waals surface area contributed by atoms with Crippen LogP contribution in [-0.2, 0) is 11.3 Å². The van der Waals surface area contributed by atoms with Crippen LogP contribution in [-0.4, -0.2) is 19.6 Å². The number of primary amides is 1. The molecular weight excluding hydrogens is 252 g/mol. The van der Waals surface area contributed by atoms with Crippen LogP contribution in [0.4, 0.5) is 0 Å². The number of nitrogens with one attached hydrogen (secondary N) is 1. The van der Waals surface area contributed by atoms with Gasteiger partial charge in [0.1, 0.15) is 5.75 Å². The molecule has 0 aromatic heterocycles. The molecule has 1 rings (SSSR count). The quantitative estimate of drug-likeness (QED) is 0.711. The van der Waals surface area contributed by atoms with Crippen LogP contribution in [0.3, 0.4) is 0 Å². The van der Waals surface area contributed by atoms with E-state index in [1.807, 2.05) is 12.1 Å². The van der Waals surface area contributed by atoms with Gasteiger partial charge in [-0.2, -0.15) is 0 Å². The fourth-order valence-electron chi connectivity index (χ4n) is 1.66. The Morgan fingerprint density at radius 1 is 1.44 bits per heavy atom. The highest BCUT2D eigenvalue weighted by molar-refractivity contribution is 6.30. The molecule has 0 spiro atoms. The molecular formula is C13H19ClN2O2. The number of carbonyl (C=O) groups excluding carboxylic acids is 1. The zero-order valence-electron chi connectivity index (χ0n) is 10.5. The lowest BCUT2D eigenvalue weighted by atomic mass is 10.2. The average Bonchev–Trinajstić information content (AvgIpc) is 2.33. The van der Waals surface area contributed by atoms with Gasteiger partial charge < -0.3 is 15.8 Å². The van der Waals surface area contributed by atoms with Crippen molar-refractivity contribution in [1.29, 1.82) is 0 Å². The van der Waals surface area contributed by atoms with Crippen molar-refractivity contribution in [2.75, 3.05) is 13.7 Å². The third-order valence-electron chi connectivity index (χ3n) is 2.58. The Kier molecular flexibility index (Phi) is 6.54. The summed E-state index contributed by atoms with van der Waals surface area (Å²) in [5, 5.41) is 3.98. The van der Waals surface area contributed by atoms with Gasteiger partial charge in [0, 0.05) is 23.6 Å². The van der Waals surface area contributed by atoms with Crippen molar-refractivity contribution in [1.82, 2.24) is 5.32 Å². The Morgan fingerprint density at radius 2 is 2.22 bits per heavy atom. The Morgan fingerprint density at radius 3 is 2.89 bits per heavy atom. The van der Waals surface area contributed by atoms with E-state index < -0.39 is 0 Å². The normalized spacial score (nSPS) is 10.3. The number of hydrogen-bond donors (Lipinski definition) is 2. The highest BCUT2D eigenvalue weighted by atomic mass is 35.5. The Bertz CT molecular complexity index is 397. The zero-order chi connectivity index (χ0) is 13.4. The number of amides is 1. The Hall–Kier alpha value is -1.26. The van der Waals surface area contributed by atoms with Crippen molar-refractivity contribution in [2.24, 2.45) is 5.73 Å². The highest BCUT2D eigenvalue weighted by Crippen LogP contribution is 2.22. The first-order valence-corrected chi connectivity index (χ1v) is 6.32. The van der Waals surface area contributed by atoms with Gasteiger partial charge in [-0.3, -0.25) is 4.79 Å². The molecule has 0 fully saturated rings. The van der Waals surface area contributed by atoms with E-state index in [0.717, 1.165) is 30.7 Å². The fourth-order valence-corrected chi connectivity index (χ4v) is 1.85. The standard InChI is InChI=1S/C13H19ClN2O2/c1-18-12-6-5-11(14)8-10(12)9-16-7-3-2-4-13(15)17/h5-6,8,16H,2-4,7,9H2,1H3,(H2,15,17). The summed E-state index contributed by atoms with van der Waals surface area (Å²) in [5.41, 5.74) is 6.09. The van der Waals surface area contributed by atoms with Crippen LogP contribution in [0.1, 0.15) is 24.8 Å². The van der Waals surface area contributed by atoms with E-state index >= 15 is 0 Å². The number of halogens is 1. The van der Waals surface area contributed by atoms with Gasteiger partial charge in [-0.25, -0.2) is 0 Å². The minimum atomic E-state index is -0.244. The molecule has 0 aliphatic carbocycles. The van der Waals surface area contributed by atoms with Gasteiger partial charge in [-0.15, -0.1) is 0 Å². The summed E-state index contributed by atoms with van der Waals surface area (Å²) in [4.78, 5) is 10.5. The van der Waals surface area contributed by atoms with Crippen molar-refractivity contribution in [3.05, 3.63) is 28.8 Å². The topological polar surface area (TPSA) is 64.3 Å². The molecule has 0 saturated carbocycles. The lowest BCUT2D eigenvalue weighted by Gasteiger charge is -2.10. The predicted octanol–water partition coefficient (Wildman–Crippen LogP) is 2.09. The fraction of sp³-hybridized carbons (Fsp3) is 0.462. The molecule has 5 heteroatoms. The van der Waals surface area contributed by atoms with Crippen LogP contribution in [0.15, 0.2) is 18.2 Å². The van der Waals surface area contributed by atoms with Crippen LogP contribution in [0.2, 0.25) is 5.02 Å². The SMILES string of the molecule is COc1ccc(Cl)cc1CNCCCCC(N)=O. The summed E-state index contributed by atoms with van der Waals surface area (Å²) in [6.07, 6.45) is 2.18. The second kappa shape index (κ2) is 7.95. The monoisotopic (exact) mass is 270 g/mol. The molecule has 0 saturated heterocycles. The lowest BCUT2D eigenvalue weighted by molar-refractivity contribution is -0.118. The second-order valence-corrected chi connectivity index (χ2v) is 4.49. The first-order valence-electron chi connectivity index (χ1n) is 5.95. The van der Waals surface area contributed by atoms with Gasteiger partial charge in [0.25, 0.3) is 0 Å². The van der Waals surface area contributed by atoms with E-state index in [-0.39, 0.29) is 5.91 Å². The minimum absolute atomic E-state index is 0.244. The van der Waals surface area contributed by atoms with Gasteiger partial charge >= 0.3 is 0 Å². The van der Waals surface area contributed by atoms with Gasteiger partial charge in [-0.05, 0) is 37.6 Å². The summed E-state index contributed by atoms with van der Waals surface area (Å²) in [6, 6.07) is 5.54. The zero-order valence-corrected chi connectivity index (χ0v) is 11.3. The Balaban J connectivity index is 2.30. The third-order valence-corrected chi connectivity index (χ3v) is 2.82. The van der Waals surface area contributed by atoms with Crippen LogP contribution in [0.25, 0.3) is 0 Å². The number of ether oxygens (including phenoxy) is 1. The smallest absolute Gasteiger partial charge is 0.217 e. The van der Waals surface area contributed by atoms with Crippen molar-refractivity contribution < 1.29 is 9.53 Å². The molecule has 0 aliphatic rings. The minimum Gasteiger partial charge on any atom is -0.496 e. The van der Waals surface area contributed by atoms with E-state index in [1.165, 1.54) is 0 Å². The van der Waals surface area contributed by atoms with Gasteiger partial charge in [0.05, 0.1) is 7.11 Å². The second-order valence-electron chi connectivity index (χ2n) is 4.06.